The lowest BCUT2D eigenvalue weighted by atomic mass is 10.1. The number of fused-ring (bicyclic) bond motifs is 1. The Morgan fingerprint density at radius 2 is 2.20 bits per heavy atom. The van der Waals surface area contributed by atoms with Gasteiger partial charge in [0.05, 0.1) is 0 Å². The van der Waals surface area contributed by atoms with Gasteiger partial charge in [0.2, 0.25) is 10.0 Å². The van der Waals surface area contributed by atoms with Crippen molar-refractivity contribution >= 4 is 27.3 Å². The number of carbonyl (C=O) groups is 1. The molecule has 8 heteroatoms. The minimum Gasteiger partial charge on any atom is -0.477 e. The lowest BCUT2D eigenvalue weighted by molar-refractivity contribution is 0.0698. The van der Waals surface area contributed by atoms with E-state index in [-0.39, 0.29) is 21.9 Å². The van der Waals surface area contributed by atoms with Gasteiger partial charge in [-0.3, -0.25) is 4.90 Å². The molecule has 2 saturated heterocycles. The molecule has 2 fully saturated rings. The maximum Gasteiger partial charge on any atom is 0.347 e. The average molecular weight is 316 g/mol. The summed E-state index contributed by atoms with van der Waals surface area (Å²) in [5, 5.41) is 10.5. The molecule has 2 atom stereocenters. The third-order valence-corrected chi connectivity index (χ3v) is 6.59. The SMILES string of the molecule is O=C(O)c1sccc1S(=O)(=O)NC1CCN2CCCC12. The van der Waals surface area contributed by atoms with Crippen LogP contribution in [0.15, 0.2) is 16.3 Å². The van der Waals surface area contributed by atoms with Crippen LogP contribution in [0.4, 0.5) is 0 Å². The van der Waals surface area contributed by atoms with Crippen LogP contribution in [-0.2, 0) is 10.0 Å². The monoisotopic (exact) mass is 316 g/mol. The lowest BCUT2D eigenvalue weighted by Crippen LogP contribution is -2.42. The van der Waals surface area contributed by atoms with Crippen LogP contribution in [0.5, 0.6) is 0 Å². The minimum atomic E-state index is -3.76. The van der Waals surface area contributed by atoms with E-state index in [2.05, 4.69) is 9.62 Å². The Morgan fingerprint density at radius 3 is 2.95 bits per heavy atom. The molecule has 2 N–H and O–H groups in total. The number of carboxylic acids is 1. The van der Waals surface area contributed by atoms with Crippen molar-refractivity contribution in [3.8, 4) is 0 Å². The van der Waals surface area contributed by atoms with Gasteiger partial charge >= 0.3 is 5.97 Å². The molecule has 0 amide bonds. The normalized spacial score (nSPS) is 26.8. The smallest absolute Gasteiger partial charge is 0.347 e. The second-order valence-electron chi connectivity index (χ2n) is 5.18. The predicted octanol–water partition coefficient (Wildman–Crippen LogP) is 0.961. The summed E-state index contributed by atoms with van der Waals surface area (Å²) in [6.07, 6.45) is 2.89. The Balaban J connectivity index is 1.82. The van der Waals surface area contributed by atoms with E-state index in [1.165, 1.54) is 11.4 Å². The van der Waals surface area contributed by atoms with E-state index in [1.54, 1.807) is 0 Å². The van der Waals surface area contributed by atoms with Crippen molar-refractivity contribution in [2.75, 3.05) is 13.1 Å². The van der Waals surface area contributed by atoms with Crippen molar-refractivity contribution in [2.45, 2.75) is 36.2 Å². The number of nitrogens with zero attached hydrogens (tertiary/aromatic N) is 1. The summed E-state index contributed by atoms with van der Waals surface area (Å²) in [5.41, 5.74) is 0. The van der Waals surface area contributed by atoms with E-state index < -0.39 is 16.0 Å². The first-order valence-electron chi connectivity index (χ1n) is 6.56. The summed E-state index contributed by atoms with van der Waals surface area (Å²) < 4.78 is 27.5. The van der Waals surface area contributed by atoms with Gasteiger partial charge in [-0.2, -0.15) is 0 Å². The third kappa shape index (κ3) is 2.37. The highest BCUT2D eigenvalue weighted by atomic mass is 32.2. The summed E-state index contributed by atoms with van der Waals surface area (Å²) in [6.45, 7) is 1.94. The van der Waals surface area contributed by atoms with Crippen LogP contribution in [0, 0.1) is 0 Å². The first-order valence-corrected chi connectivity index (χ1v) is 8.92. The lowest BCUT2D eigenvalue weighted by Gasteiger charge is -2.21. The summed E-state index contributed by atoms with van der Waals surface area (Å²) in [4.78, 5) is 13.1. The van der Waals surface area contributed by atoms with E-state index in [0.29, 0.717) is 0 Å². The van der Waals surface area contributed by atoms with Crippen molar-refractivity contribution in [2.24, 2.45) is 0 Å². The van der Waals surface area contributed by atoms with Gasteiger partial charge < -0.3 is 5.11 Å². The van der Waals surface area contributed by atoms with Gasteiger partial charge in [-0.15, -0.1) is 11.3 Å². The van der Waals surface area contributed by atoms with Gasteiger partial charge in [0.25, 0.3) is 0 Å². The van der Waals surface area contributed by atoms with Crippen molar-refractivity contribution in [3.63, 3.8) is 0 Å². The maximum atomic E-state index is 12.4. The quantitative estimate of drug-likeness (QED) is 0.864. The number of hydrogen-bond donors (Lipinski definition) is 2. The van der Waals surface area contributed by atoms with Crippen molar-refractivity contribution in [1.82, 2.24) is 9.62 Å². The molecule has 6 nitrogen and oxygen atoms in total. The Morgan fingerprint density at radius 1 is 1.40 bits per heavy atom. The van der Waals surface area contributed by atoms with Gasteiger partial charge in [-0.1, -0.05) is 0 Å². The summed E-state index contributed by atoms with van der Waals surface area (Å²) in [5.74, 6) is -1.20. The van der Waals surface area contributed by atoms with Crippen LogP contribution >= 0.6 is 11.3 Å². The van der Waals surface area contributed by atoms with Crippen LogP contribution in [0.3, 0.4) is 0 Å². The van der Waals surface area contributed by atoms with E-state index >= 15 is 0 Å². The summed E-state index contributed by atoms with van der Waals surface area (Å²) in [7, 11) is -3.76. The fourth-order valence-corrected chi connectivity index (χ4v) is 5.71. The Labute approximate surface area is 121 Å². The second-order valence-corrected chi connectivity index (χ2v) is 7.78. The number of nitrogens with one attached hydrogen (secondary N) is 1. The highest BCUT2D eigenvalue weighted by Gasteiger charge is 2.39. The standard InChI is InChI=1S/C12H16N2O4S2/c15-12(16)11-10(4-7-19-11)20(17,18)13-8-3-6-14-5-1-2-9(8)14/h4,7-9,13H,1-3,5-6H2,(H,15,16). The van der Waals surface area contributed by atoms with E-state index in [0.717, 1.165) is 43.7 Å². The topological polar surface area (TPSA) is 86.7 Å². The van der Waals surface area contributed by atoms with Crippen molar-refractivity contribution in [3.05, 3.63) is 16.3 Å². The molecular formula is C12H16N2O4S2. The zero-order valence-electron chi connectivity index (χ0n) is 10.8. The van der Waals surface area contributed by atoms with Crippen LogP contribution < -0.4 is 4.72 Å². The predicted molar refractivity (Wildman–Crippen MR) is 74.6 cm³/mol. The largest absolute Gasteiger partial charge is 0.477 e. The Kier molecular flexibility index (Phi) is 3.57. The first-order chi connectivity index (χ1) is 9.49. The molecule has 0 bridgehead atoms. The fraction of sp³-hybridized carbons (Fsp3) is 0.583. The molecule has 2 aliphatic rings. The highest BCUT2D eigenvalue weighted by Crippen LogP contribution is 2.30. The Hall–Kier alpha value is -0.960. The molecular weight excluding hydrogens is 300 g/mol. The number of aromatic carboxylic acids is 1. The fourth-order valence-electron chi connectivity index (χ4n) is 3.15. The van der Waals surface area contributed by atoms with E-state index in [1.807, 2.05) is 0 Å². The maximum absolute atomic E-state index is 12.4. The molecule has 3 heterocycles. The molecule has 0 radical (unpaired) electrons. The highest BCUT2D eigenvalue weighted by molar-refractivity contribution is 7.89. The number of hydrogen-bond acceptors (Lipinski definition) is 5. The molecule has 0 aromatic carbocycles. The van der Waals surface area contributed by atoms with Gasteiger partial charge in [0.15, 0.2) is 0 Å². The molecule has 1 aromatic heterocycles. The van der Waals surface area contributed by atoms with Crippen molar-refractivity contribution < 1.29 is 18.3 Å². The molecule has 0 spiro atoms. The number of sulfonamides is 1. The zero-order valence-corrected chi connectivity index (χ0v) is 12.4. The molecule has 0 saturated carbocycles. The average Bonchev–Trinajstić information content (AvgIpc) is 3.04. The van der Waals surface area contributed by atoms with E-state index in [9.17, 15) is 13.2 Å². The van der Waals surface area contributed by atoms with Crippen LogP contribution in [-0.4, -0.2) is 49.6 Å². The molecule has 20 heavy (non-hydrogen) atoms. The molecule has 110 valence electrons. The van der Waals surface area contributed by atoms with Crippen LogP contribution in [0.2, 0.25) is 0 Å². The third-order valence-electron chi connectivity index (χ3n) is 4.03. The van der Waals surface area contributed by atoms with Crippen LogP contribution in [0.1, 0.15) is 28.9 Å². The molecule has 1 aromatic rings. The second kappa shape index (κ2) is 5.10. The van der Waals surface area contributed by atoms with Crippen LogP contribution in [0.25, 0.3) is 0 Å². The zero-order chi connectivity index (χ0) is 14.3. The molecule has 3 rings (SSSR count). The van der Waals surface area contributed by atoms with Gasteiger partial charge in [-0.05, 0) is 37.3 Å². The van der Waals surface area contributed by atoms with Gasteiger partial charge in [0.1, 0.15) is 9.77 Å². The first kappa shape index (κ1) is 14.0. The van der Waals surface area contributed by atoms with Gasteiger partial charge in [0, 0.05) is 18.6 Å². The minimum absolute atomic E-state index is 0.107. The summed E-state index contributed by atoms with van der Waals surface area (Å²) >= 11 is 0.933. The van der Waals surface area contributed by atoms with E-state index in [4.69, 9.17) is 5.11 Å². The van der Waals surface area contributed by atoms with Gasteiger partial charge in [-0.25, -0.2) is 17.9 Å². The molecule has 2 unspecified atom stereocenters. The Bertz CT molecular complexity index is 625. The summed E-state index contributed by atoms with van der Waals surface area (Å²) in [6, 6.07) is 1.51. The molecule has 2 aliphatic heterocycles. The molecule has 0 aliphatic carbocycles. The number of carboxylic acid groups (broad SMARTS) is 1. The van der Waals surface area contributed by atoms with Crippen molar-refractivity contribution in [1.29, 1.82) is 0 Å². The number of rotatable bonds is 4. The number of thiophene rings is 1.